The summed E-state index contributed by atoms with van der Waals surface area (Å²) < 4.78 is 0.434. The highest BCUT2D eigenvalue weighted by Gasteiger charge is 2.32. The van der Waals surface area contributed by atoms with E-state index in [0.717, 1.165) is 11.1 Å². The maximum atomic E-state index is 12.0. The lowest BCUT2D eigenvalue weighted by molar-refractivity contribution is -0.385. The van der Waals surface area contributed by atoms with Crippen LogP contribution in [0.1, 0.15) is 18.4 Å². The smallest absolute Gasteiger partial charge is 0.291 e. The molecule has 2 heterocycles. The summed E-state index contributed by atoms with van der Waals surface area (Å²) >= 11 is 3.25. The molecule has 0 saturated carbocycles. The fourth-order valence-corrected chi connectivity index (χ4v) is 2.49. The van der Waals surface area contributed by atoms with Gasteiger partial charge >= 0.3 is 0 Å². The molecule has 1 fully saturated rings. The summed E-state index contributed by atoms with van der Waals surface area (Å²) in [5.41, 5.74) is 0.319. The molecule has 8 nitrogen and oxygen atoms in total. The van der Waals surface area contributed by atoms with E-state index in [2.05, 4.69) is 26.2 Å². The fraction of sp³-hybridized carbons (Fsp3) is 0.417. The molecule has 1 saturated heterocycles. The van der Waals surface area contributed by atoms with Gasteiger partial charge in [-0.25, -0.2) is 4.98 Å². The quantitative estimate of drug-likeness (QED) is 0.501. The minimum absolute atomic E-state index is 0.102. The second kappa shape index (κ2) is 5.76. The van der Waals surface area contributed by atoms with Crippen molar-refractivity contribution in [2.75, 3.05) is 12.4 Å². The molecule has 0 spiro atoms. The van der Waals surface area contributed by atoms with Crippen molar-refractivity contribution in [1.82, 2.24) is 9.88 Å². The van der Waals surface area contributed by atoms with E-state index >= 15 is 0 Å². The summed E-state index contributed by atoms with van der Waals surface area (Å²) in [4.78, 5) is 38.8. The first kappa shape index (κ1) is 15.4. The van der Waals surface area contributed by atoms with Gasteiger partial charge in [0.05, 0.1) is 9.40 Å². The first-order valence-electron chi connectivity index (χ1n) is 6.19. The van der Waals surface area contributed by atoms with Crippen molar-refractivity contribution in [3.8, 4) is 0 Å². The van der Waals surface area contributed by atoms with Crippen molar-refractivity contribution in [3.63, 3.8) is 0 Å². The van der Waals surface area contributed by atoms with E-state index in [1.807, 2.05) is 0 Å². The summed E-state index contributed by atoms with van der Waals surface area (Å²) in [7, 11) is 1.43. The number of nitro groups is 1. The molecular formula is C12H13BrN4O4. The van der Waals surface area contributed by atoms with Crippen molar-refractivity contribution in [3.05, 3.63) is 26.3 Å². The molecule has 1 aromatic heterocycles. The van der Waals surface area contributed by atoms with Crippen molar-refractivity contribution < 1.29 is 14.5 Å². The number of hydrogen-bond donors (Lipinski definition) is 1. The zero-order chi connectivity index (χ0) is 15.7. The lowest BCUT2D eigenvalue weighted by atomic mass is 10.0. The average Bonchev–Trinajstić information content (AvgIpc) is 2.44. The van der Waals surface area contributed by atoms with Gasteiger partial charge in [0.25, 0.3) is 11.6 Å². The SMILES string of the molecule is Cc1c([N+](=O)[O-])cnc(NC2CCC(=O)N(C)C2=O)c1Br. The molecule has 1 aromatic rings. The Hall–Kier alpha value is -2.03. The zero-order valence-corrected chi connectivity index (χ0v) is 13.0. The van der Waals surface area contributed by atoms with Crippen molar-refractivity contribution in [2.24, 2.45) is 0 Å². The Morgan fingerprint density at radius 1 is 1.52 bits per heavy atom. The summed E-state index contributed by atoms with van der Waals surface area (Å²) in [5.74, 6) is -0.208. The van der Waals surface area contributed by atoms with Gasteiger partial charge in [0, 0.05) is 19.0 Å². The standard InChI is InChI=1S/C12H13BrN4O4/c1-6-8(17(20)21)5-14-11(10(6)13)15-7-3-4-9(18)16(2)12(7)19/h5,7H,3-4H2,1-2H3,(H,14,15). The Labute approximate surface area is 128 Å². The first-order chi connectivity index (χ1) is 9.82. The van der Waals surface area contributed by atoms with Crippen molar-refractivity contribution >= 4 is 39.2 Å². The molecule has 2 amide bonds. The number of hydrogen-bond acceptors (Lipinski definition) is 6. The minimum atomic E-state index is -0.572. The van der Waals surface area contributed by atoms with E-state index in [1.165, 1.54) is 7.05 Å². The summed E-state index contributed by atoms with van der Waals surface area (Å²) in [6, 6.07) is -0.572. The van der Waals surface area contributed by atoms with Crippen LogP contribution in [0.2, 0.25) is 0 Å². The Morgan fingerprint density at radius 3 is 2.81 bits per heavy atom. The van der Waals surface area contributed by atoms with Crippen LogP contribution in [0, 0.1) is 17.0 Å². The van der Waals surface area contributed by atoms with Gasteiger partial charge in [-0.15, -0.1) is 0 Å². The van der Waals surface area contributed by atoms with Gasteiger partial charge in [0.1, 0.15) is 18.1 Å². The molecule has 0 aromatic carbocycles. The number of carbonyl (C=O) groups is 2. The molecule has 112 valence electrons. The van der Waals surface area contributed by atoms with Crippen LogP contribution in [0.4, 0.5) is 11.5 Å². The van der Waals surface area contributed by atoms with Crippen LogP contribution in [0.3, 0.4) is 0 Å². The number of likely N-dealkylation sites (N-methyl/N-ethyl adjacent to an activating group) is 1. The number of imide groups is 1. The molecule has 0 radical (unpaired) electrons. The molecule has 21 heavy (non-hydrogen) atoms. The molecule has 1 unspecified atom stereocenters. The molecule has 1 atom stereocenters. The highest BCUT2D eigenvalue weighted by molar-refractivity contribution is 9.10. The number of nitrogens with one attached hydrogen (secondary N) is 1. The molecular weight excluding hydrogens is 344 g/mol. The predicted octanol–water partition coefficient (Wildman–Crippen LogP) is 1.62. The molecule has 9 heteroatoms. The Balaban J connectivity index is 2.25. The lowest BCUT2D eigenvalue weighted by Gasteiger charge is -2.28. The number of aromatic nitrogens is 1. The van der Waals surface area contributed by atoms with E-state index in [1.54, 1.807) is 6.92 Å². The van der Waals surface area contributed by atoms with Crippen LogP contribution in [0.5, 0.6) is 0 Å². The van der Waals surface area contributed by atoms with Gasteiger partial charge in [-0.3, -0.25) is 24.6 Å². The average molecular weight is 357 g/mol. The van der Waals surface area contributed by atoms with Crippen LogP contribution in [-0.2, 0) is 9.59 Å². The fourth-order valence-electron chi connectivity index (χ4n) is 2.07. The topological polar surface area (TPSA) is 105 Å². The molecule has 0 bridgehead atoms. The number of nitrogens with zero attached hydrogens (tertiary/aromatic N) is 3. The molecule has 2 rings (SSSR count). The molecule has 0 aliphatic carbocycles. The van der Waals surface area contributed by atoms with Gasteiger partial charge in [-0.05, 0) is 29.3 Å². The highest BCUT2D eigenvalue weighted by atomic mass is 79.9. The van der Waals surface area contributed by atoms with Crippen molar-refractivity contribution in [1.29, 1.82) is 0 Å². The number of anilines is 1. The van der Waals surface area contributed by atoms with Crippen LogP contribution in [0.25, 0.3) is 0 Å². The van der Waals surface area contributed by atoms with Crippen LogP contribution in [-0.4, -0.2) is 39.7 Å². The van der Waals surface area contributed by atoms with E-state index < -0.39 is 11.0 Å². The predicted molar refractivity (Wildman–Crippen MR) is 77.8 cm³/mol. The lowest BCUT2D eigenvalue weighted by Crippen LogP contribution is -2.48. The monoisotopic (exact) mass is 356 g/mol. The normalized spacial score (nSPS) is 18.8. The highest BCUT2D eigenvalue weighted by Crippen LogP contribution is 2.31. The summed E-state index contributed by atoms with van der Waals surface area (Å²) in [6.45, 7) is 1.59. The second-order valence-corrected chi connectivity index (χ2v) is 5.51. The van der Waals surface area contributed by atoms with E-state index in [0.29, 0.717) is 22.3 Å². The van der Waals surface area contributed by atoms with Gasteiger partial charge in [-0.1, -0.05) is 0 Å². The van der Waals surface area contributed by atoms with Crippen LogP contribution >= 0.6 is 15.9 Å². The number of amides is 2. The van der Waals surface area contributed by atoms with Gasteiger partial charge < -0.3 is 5.32 Å². The minimum Gasteiger partial charge on any atom is -0.357 e. The van der Waals surface area contributed by atoms with Crippen LogP contribution < -0.4 is 5.32 Å². The Kier molecular flexibility index (Phi) is 4.21. The van der Waals surface area contributed by atoms with E-state index in [9.17, 15) is 19.7 Å². The van der Waals surface area contributed by atoms with Crippen LogP contribution in [0.15, 0.2) is 10.7 Å². The third-order valence-electron chi connectivity index (χ3n) is 3.39. The van der Waals surface area contributed by atoms with Gasteiger partial charge in [0.15, 0.2) is 0 Å². The Bertz CT molecular complexity index is 634. The second-order valence-electron chi connectivity index (χ2n) is 4.71. The summed E-state index contributed by atoms with van der Waals surface area (Å²) in [6.07, 6.45) is 1.78. The number of halogens is 1. The third-order valence-corrected chi connectivity index (χ3v) is 4.36. The number of piperidine rings is 1. The molecule has 1 aliphatic heterocycles. The maximum absolute atomic E-state index is 12.0. The summed E-state index contributed by atoms with van der Waals surface area (Å²) in [5, 5.41) is 13.8. The number of likely N-dealkylation sites (tertiary alicyclic amines) is 1. The number of pyridine rings is 1. The molecule has 1 N–H and O–H groups in total. The maximum Gasteiger partial charge on any atom is 0.291 e. The number of rotatable bonds is 3. The van der Waals surface area contributed by atoms with E-state index in [4.69, 9.17) is 0 Å². The largest absolute Gasteiger partial charge is 0.357 e. The van der Waals surface area contributed by atoms with E-state index in [-0.39, 0.29) is 23.9 Å². The first-order valence-corrected chi connectivity index (χ1v) is 6.98. The third kappa shape index (κ3) is 2.87. The van der Waals surface area contributed by atoms with Gasteiger partial charge in [-0.2, -0.15) is 0 Å². The Morgan fingerprint density at radius 2 is 2.19 bits per heavy atom. The van der Waals surface area contributed by atoms with Gasteiger partial charge in [0.2, 0.25) is 5.91 Å². The molecule has 1 aliphatic rings. The number of carbonyl (C=O) groups excluding carboxylic acids is 2. The zero-order valence-electron chi connectivity index (χ0n) is 11.4. The van der Waals surface area contributed by atoms with Crippen molar-refractivity contribution in [2.45, 2.75) is 25.8 Å².